The largest absolute Gasteiger partial charge is 0.366 e. The molecule has 3 heteroatoms. The summed E-state index contributed by atoms with van der Waals surface area (Å²) in [5.41, 5.74) is 5.39. The van der Waals surface area contributed by atoms with Gasteiger partial charge >= 0.3 is 0 Å². The molecule has 32 heavy (non-hydrogen) atoms. The molecule has 1 aliphatic rings. The number of hydrogen-bond acceptors (Lipinski definition) is 3. The summed E-state index contributed by atoms with van der Waals surface area (Å²) in [6, 6.07) is 0. The van der Waals surface area contributed by atoms with Crippen LogP contribution in [0.5, 0.6) is 0 Å². The average molecular weight is 440 g/mol. The van der Waals surface area contributed by atoms with Crippen LogP contribution in [0.1, 0.15) is 73.1 Å². The van der Waals surface area contributed by atoms with Crippen LogP contribution in [0.2, 0.25) is 0 Å². The van der Waals surface area contributed by atoms with Crippen molar-refractivity contribution in [1.29, 1.82) is 0 Å². The zero-order valence-electron chi connectivity index (χ0n) is 21.6. The molecule has 1 N–H and O–H groups in total. The third-order valence-electron chi connectivity index (χ3n) is 6.15. The number of nitrogens with one attached hydrogen (secondary N) is 1. The monoisotopic (exact) mass is 439 g/mol. The van der Waals surface area contributed by atoms with Crippen molar-refractivity contribution in [2.75, 3.05) is 32.8 Å². The highest BCUT2D eigenvalue weighted by Crippen LogP contribution is 2.21. The van der Waals surface area contributed by atoms with Crippen molar-refractivity contribution in [3.63, 3.8) is 0 Å². The van der Waals surface area contributed by atoms with Gasteiger partial charge in [0.2, 0.25) is 0 Å². The van der Waals surface area contributed by atoms with Crippen molar-refractivity contribution in [2.24, 2.45) is 5.92 Å². The molecule has 1 fully saturated rings. The maximum atomic E-state index is 3.89. The summed E-state index contributed by atoms with van der Waals surface area (Å²) in [5, 5.41) is 3.47. The van der Waals surface area contributed by atoms with E-state index in [0.717, 1.165) is 32.1 Å². The quantitative estimate of drug-likeness (QED) is 0.156. The van der Waals surface area contributed by atoms with Crippen molar-refractivity contribution in [3.8, 4) is 0 Å². The van der Waals surface area contributed by atoms with Gasteiger partial charge in [-0.1, -0.05) is 68.5 Å². The third-order valence-corrected chi connectivity index (χ3v) is 6.15. The van der Waals surface area contributed by atoms with Gasteiger partial charge in [0.15, 0.2) is 0 Å². The van der Waals surface area contributed by atoms with Crippen LogP contribution in [0, 0.1) is 5.92 Å². The van der Waals surface area contributed by atoms with Gasteiger partial charge in [0, 0.05) is 6.54 Å². The van der Waals surface area contributed by atoms with Crippen LogP contribution >= 0.6 is 0 Å². The summed E-state index contributed by atoms with van der Waals surface area (Å²) in [4.78, 5) is 5.05. The Hall–Kier alpha value is -2.00. The van der Waals surface area contributed by atoms with Gasteiger partial charge in [0.05, 0.1) is 18.1 Å². The zero-order chi connectivity index (χ0) is 23.8. The highest BCUT2D eigenvalue weighted by Gasteiger charge is 2.19. The predicted molar refractivity (Wildman–Crippen MR) is 143 cm³/mol. The lowest BCUT2D eigenvalue weighted by molar-refractivity contribution is 0.262. The van der Waals surface area contributed by atoms with Crippen molar-refractivity contribution in [1.82, 2.24) is 15.1 Å². The van der Waals surface area contributed by atoms with Gasteiger partial charge in [-0.2, -0.15) is 0 Å². The summed E-state index contributed by atoms with van der Waals surface area (Å²) >= 11 is 0. The van der Waals surface area contributed by atoms with Gasteiger partial charge in [0.1, 0.15) is 0 Å². The average Bonchev–Trinajstić information content (AvgIpc) is 3.15. The van der Waals surface area contributed by atoms with Gasteiger partial charge in [-0.05, 0) is 90.9 Å². The van der Waals surface area contributed by atoms with Crippen LogP contribution < -0.4 is 5.32 Å². The highest BCUT2D eigenvalue weighted by atomic mass is 15.3. The molecule has 1 atom stereocenters. The minimum absolute atomic E-state index is 0.726. The molecule has 0 aromatic rings. The fraction of sp³-hybridized carbons (Fsp3) is 0.586. The molecule has 1 saturated heterocycles. The van der Waals surface area contributed by atoms with Crippen LogP contribution in [-0.4, -0.2) is 42.6 Å². The number of allylic oxidation sites excluding steroid dienone is 8. The number of hydrogen-bond donors (Lipinski definition) is 1. The van der Waals surface area contributed by atoms with Crippen LogP contribution in [-0.2, 0) is 0 Å². The highest BCUT2D eigenvalue weighted by molar-refractivity contribution is 5.34. The topological polar surface area (TPSA) is 18.5 Å². The molecule has 0 saturated carbocycles. The molecule has 0 bridgehead atoms. The number of unbranched alkanes of at least 4 members (excludes halogenated alkanes) is 1. The first-order valence-electron chi connectivity index (χ1n) is 12.6. The van der Waals surface area contributed by atoms with E-state index in [0.29, 0.717) is 0 Å². The molecule has 0 radical (unpaired) electrons. The van der Waals surface area contributed by atoms with Crippen LogP contribution in [0.15, 0.2) is 72.2 Å². The third kappa shape index (κ3) is 11.0. The van der Waals surface area contributed by atoms with Gasteiger partial charge < -0.3 is 15.1 Å². The number of nitrogens with zero attached hydrogens (tertiary/aromatic N) is 2. The van der Waals surface area contributed by atoms with Crippen molar-refractivity contribution >= 4 is 0 Å². The van der Waals surface area contributed by atoms with E-state index in [9.17, 15) is 0 Å². The standard InChI is InChI=1S/C29H49N3/c1-8-15-27(19-18-25(5)6)23-26(7)17-14-21-31(11-4)20-12-13-22-32-24-30-28(10-3)29(32)16-9-2/h8-10,15-16,18,26,30H,1-2,11-14,17,19-24H2,3-7H3/b27-15+,28-10+,29-16+. The van der Waals surface area contributed by atoms with Gasteiger partial charge in [-0.15, -0.1) is 0 Å². The van der Waals surface area contributed by atoms with Crippen molar-refractivity contribution in [2.45, 2.75) is 73.1 Å². The van der Waals surface area contributed by atoms with E-state index in [2.05, 4.69) is 87.2 Å². The molecule has 0 amide bonds. The van der Waals surface area contributed by atoms with Crippen LogP contribution in [0.25, 0.3) is 0 Å². The Morgan fingerprint density at radius 1 is 1.16 bits per heavy atom. The molecule has 1 aliphatic heterocycles. The van der Waals surface area contributed by atoms with Crippen LogP contribution in [0.4, 0.5) is 0 Å². The Balaban J connectivity index is 2.32. The van der Waals surface area contributed by atoms with E-state index in [1.54, 1.807) is 0 Å². The lowest BCUT2D eigenvalue weighted by Gasteiger charge is -2.23. The van der Waals surface area contributed by atoms with Crippen molar-refractivity contribution < 1.29 is 0 Å². The lowest BCUT2D eigenvalue weighted by atomic mass is 9.94. The maximum absolute atomic E-state index is 3.89. The number of rotatable bonds is 16. The smallest absolute Gasteiger partial charge is 0.0877 e. The molecule has 0 aromatic carbocycles. The SMILES string of the molecule is C=C/C=C(\CC=C(C)C)CC(C)CCCN(CC)CCCCN1CNC(=C/C)/C1=C\C=C. The second-order valence-corrected chi connectivity index (χ2v) is 9.23. The van der Waals surface area contributed by atoms with E-state index in [4.69, 9.17) is 0 Å². The summed E-state index contributed by atoms with van der Waals surface area (Å²) in [7, 11) is 0. The first-order valence-corrected chi connectivity index (χ1v) is 12.6. The van der Waals surface area contributed by atoms with E-state index in [1.807, 2.05) is 12.2 Å². The Morgan fingerprint density at radius 3 is 2.53 bits per heavy atom. The molecule has 1 unspecified atom stereocenters. The fourth-order valence-corrected chi connectivity index (χ4v) is 4.28. The Labute approximate surface area is 199 Å². The lowest BCUT2D eigenvalue weighted by Crippen LogP contribution is -2.27. The second-order valence-electron chi connectivity index (χ2n) is 9.23. The van der Waals surface area contributed by atoms with E-state index in [1.165, 1.54) is 67.7 Å². The molecule has 3 nitrogen and oxygen atoms in total. The molecular formula is C29H49N3. The molecular weight excluding hydrogens is 390 g/mol. The summed E-state index contributed by atoms with van der Waals surface area (Å²) in [5.74, 6) is 0.726. The molecule has 180 valence electrons. The minimum atomic E-state index is 0.726. The molecule has 1 rings (SSSR count). The van der Waals surface area contributed by atoms with E-state index < -0.39 is 0 Å². The Morgan fingerprint density at radius 2 is 1.91 bits per heavy atom. The summed E-state index contributed by atoms with van der Waals surface area (Å²) < 4.78 is 0. The molecule has 1 heterocycles. The van der Waals surface area contributed by atoms with E-state index >= 15 is 0 Å². The van der Waals surface area contributed by atoms with Crippen LogP contribution in [0.3, 0.4) is 0 Å². The summed E-state index contributed by atoms with van der Waals surface area (Å²) in [6.07, 6.45) is 19.9. The Kier molecular flexibility index (Phi) is 14.5. The first kappa shape index (κ1) is 28.0. The van der Waals surface area contributed by atoms with Gasteiger partial charge in [0.25, 0.3) is 0 Å². The van der Waals surface area contributed by atoms with Gasteiger partial charge in [-0.25, -0.2) is 0 Å². The molecule has 0 spiro atoms. The second kappa shape index (κ2) is 16.6. The van der Waals surface area contributed by atoms with E-state index in [-0.39, 0.29) is 0 Å². The fourth-order valence-electron chi connectivity index (χ4n) is 4.28. The van der Waals surface area contributed by atoms with Gasteiger partial charge in [-0.3, -0.25) is 0 Å². The minimum Gasteiger partial charge on any atom is -0.366 e. The summed E-state index contributed by atoms with van der Waals surface area (Å²) in [6.45, 7) is 24.4. The first-order chi connectivity index (χ1) is 15.4. The maximum Gasteiger partial charge on any atom is 0.0877 e. The van der Waals surface area contributed by atoms with Crippen molar-refractivity contribution in [3.05, 3.63) is 72.2 Å². The zero-order valence-corrected chi connectivity index (χ0v) is 21.6. The molecule has 0 aliphatic carbocycles. The Bertz CT molecular complexity index is 677. The predicted octanol–water partition coefficient (Wildman–Crippen LogP) is 7.20. The molecule has 0 aromatic heterocycles. The normalized spacial score (nSPS) is 17.7.